The molecular weight excluding hydrogens is 356 g/mol. The number of hydrogen-bond acceptors (Lipinski definition) is 6. The minimum absolute atomic E-state index is 0.156. The molecule has 0 saturated carbocycles. The van der Waals surface area contributed by atoms with Crippen molar-refractivity contribution in [2.24, 2.45) is 7.05 Å². The van der Waals surface area contributed by atoms with Gasteiger partial charge >= 0.3 is 0 Å². The minimum atomic E-state index is -0.198. The highest BCUT2D eigenvalue weighted by Crippen LogP contribution is 2.27. The topological polar surface area (TPSA) is 97.5 Å². The summed E-state index contributed by atoms with van der Waals surface area (Å²) >= 11 is 0. The van der Waals surface area contributed by atoms with Gasteiger partial charge in [0.1, 0.15) is 17.0 Å². The van der Waals surface area contributed by atoms with Crippen LogP contribution in [0.2, 0.25) is 0 Å². The fraction of sp³-hybridized carbons (Fsp3) is 0.316. The summed E-state index contributed by atoms with van der Waals surface area (Å²) in [4.78, 5) is 23.7. The molecule has 1 unspecified atom stereocenters. The van der Waals surface area contributed by atoms with E-state index in [1.165, 1.54) is 4.68 Å². The molecule has 0 aliphatic carbocycles. The zero-order valence-corrected chi connectivity index (χ0v) is 16.3. The lowest BCUT2D eigenvalue weighted by atomic mass is 10.1. The second-order valence-corrected chi connectivity index (χ2v) is 6.72. The van der Waals surface area contributed by atoms with Crippen molar-refractivity contribution in [2.45, 2.75) is 26.3 Å². The Morgan fingerprint density at radius 1 is 1.21 bits per heavy atom. The van der Waals surface area contributed by atoms with E-state index in [1.54, 1.807) is 18.0 Å². The molecule has 9 heteroatoms. The summed E-state index contributed by atoms with van der Waals surface area (Å²) in [5, 5.41) is 13.3. The van der Waals surface area contributed by atoms with Crippen LogP contribution in [0.3, 0.4) is 0 Å². The fourth-order valence-electron chi connectivity index (χ4n) is 3.43. The average Bonchev–Trinajstić information content (AvgIpc) is 3.26. The van der Waals surface area contributed by atoms with Crippen molar-refractivity contribution in [3.63, 3.8) is 0 Å². The third kappa shape index (κ3) is 2.94. The zero-order valence-electron chi connectivity index (χ0n) is 16.3. The summed E-state index contributed by atoms with van der Waals surface area (Å²) in [6.07, 6.45) is 2.35. The molecule has 28 heavy (non-hydrogen) atoms. The second-order valence-electron chi connectivity index (χ2n) is 6.72. The highest BCUT2D eigenvalue weighted by atomic mass is 16.1. The van der Waals surface area contributed by atoms with Gasteiger partial charge in [0.05, 0.1) is 17.9 Å². The molecule has 1 aromatic carbocycles. The first-order chi connectivity index (χ1) is 13.5. The number of rotatable bonds is 5. The molecule has 3 heterocycles. The fourth-order valence-corrected chi connectivity index (χ4v) is 3.43. The van der Waals surface area contributed by atoms with E-state index in [-0.39, 0.29) is 11.6 Å². The van der Waals surface area contributed by atoms with E-state index in [9.17, 15) is 4.79 Å². The summed E-state index contributed by atoms with van der Waals surface area (Å²) in [5.41, 5.74) is 2.54. The van der Waals surface area contributed by atoms with Crippen molar-refractivity contribution in [1.82, 2.24) is 34.7 Å². The van der Waals surface area contributed by atoms with Crippen molar-refractivity contribution in [2.75, 3.05) is 11.9 Å². The standard InChI is InChI=1S/C19H22N8O/c1-5-15(17-21-14-11-20-26(4)16(14)19(28)22-17)25(3)18-12(2)23-27(24-18)13-9-7-6-8-10-13/h6-11,15H,5H2,1-4H3,(H,21,22,28). The van der Waals surface area contributed by atoms with Gasteiger partial charge in [0.15, 0.2) is 11.3 Å². The van der Waals surface area contributed by atoms with Crippen molar-refractivity contribution in [1.29, 1.82) is 0 Å². The summed E-state index contributed by atoms with van der Waals surface area (Å²) in [7, 11) is 3.67. The summed E-state index contributed by atoms with van der Waals surface area (Å²) in [6.45, 7) is 3.97. The number of aromatic amines is 1. The van der Waals surface area contributed by atoms with Crippen LogP contribution in [-0.2, 0) is 7.05 Å². The summed E-state index contributed by atoms with van der Waals surface area (Å²) < 4.78 is 1.53. The lowest BCUT2D eigenvalue weighted by Crippen LogP contribution is -2.28. The zero-order chi connectivity index (χ0) is 19.8. The molecule has 4 aromatic rings. The Balaban J connectivity index is 1.73. The molecule has 0 saturated heterocycles. The van der Waals surface area contributed by atoms with E-state index < -0.39 is 0 Å². The van der Waals surface area contributed by atoms with E-state index in [4.69, 9.17) is 0 Å². The number of H-pyrrole nitrogens is 1. The van der Waals surface area contributed by atoms with Gasteiger partial charge in [-0.05, 0) is 25.5 Å². The molecule has 9 nitrogen and oxygen atoms in total. The van der Waals surface area contributed by atoms with E-state index in [1.807, 2.05) is 56.1 Å². The van der Waals surface area contributed by atoms with Crippen LogP contribution < -0.4 is 10.5 Å². The van der Waals surface area contributed by atoms with Gasteiger partial charge in [-0.15, -0.1) is 9.90 Å². The molecule has 0 amide bonds. The van der Waals surface area contributed by atoms with Crippen molar-refractivity contribution >= 4 is 16.9 Å². The predicted molar refractivity (Wildman–Crippen MR) is 107 cm³/mol. The van der Waals surface area contributed by atoms with Crippen molar-refractivity contribution < 1.29 is 0 Å². The SMILES string of the molecule is CCC(c1nc2cnn(C)c2c(=O)[nH]1)N(C)c1nn(-c2ccccc2)nc1C. The molecular formula is C19H22N8O. The number of nitrogens with one attached hydrogen (secondary N) is 1. The first kappa shape index (κ1) is 17.9. The molecule has 0 radical (unpaired) electrons. The Morgan fingerprint density at radius 2 is 1.96 bits per heavy atom. The molecule has 0 bridgehead atoms. The Bertz CT molecular complexity index is 1170. The van der Waals surface area contributed by atoms with E-state index in [2.05, 4.69) is 25.3 Å². The van der Waals surface area contributed by atoms with E-state index >= 15 is 0 Å². The second kappa shape index (κ2) is 6.91. The van der Waals surface area contributed by atoms with Crippen LogP contribution in [0, 0.1) is 6.92 Å². The van der Waals surface area contributed by atoms with Gasteiger partial charge in [0.2, 0.25) is 0 Å². The number of hydrogen-bond donors (Lipinski definition) is 1. The monoisotopic (exact) mass is 378 g/mol. The molecule has 0 aliphatic rings. The maximum absolute atomic E-state index is 12.5. The quantitative estimate of drug-likeness (QED) is 0.571. The molecule has 1 atom stereocenters. The number of aryl methyl sites for hydroxylation is 2. The molecule has 3 aromatic heterocycles. The van der Waals surface area contributed by atoms with Gasteiger partial charge in [-0.3, -0.25) is 9.48 Å². The molecule has 0 aliphatic heterocycles. The summed E-state index contributed by atoms with van der Waals surface area (Å²) in [5.74, 6) is 1.33. The number of anilines is 1. The van der Waals surface area contributed by atoms with Crippen LogP contribution in [0.5, 0.6) is 0 Å². The van der Waals surface area contributed by atoms with Crippen LogP contribution in [0.25, 0.3) is 16.7 Å². The number of nitrogens with zero attached hydrogens (tertiary/aromatic N) is 7. The minimum Gasteiger partial charge on any atom is -0.346 e. The van der Waals surface area contributed by atoms with Crippen molar-refractivity contribution in [3.8, 4) is 5.69 Å². The first-order valence-electron chi connectivity index (χ1n) is 9.13. The lowest BCUT2D eigenvalue weighted by molar-refractivity contribution is 0.599. The highest BCUT2D eigenvalue weighted by Gasteiger charge is 2.24. The van der Waals surface area contributed by atoms with Gasteiger partial charge in [-0.25, -0.2) is 4.98 Å². The maximum atomic E-state index is 12.5. The van der Waals surface area contributed by atoms with Gasteiger partial charge in [-0.2, -0.15) is 10.2 Å². The normalized spacial score (nSPS) is 12.4. The number of fused-ring (bicyclic) bond motifs is 1. The van der Waals surface area contributed by atoms with Crippen molar-refractivity contribution in [3.05, 3.63) is 58.4 Å². The van der Waals surface area contributed by atoms with Crippen LogP contribution in [0.4, 0.5) is 5.82 Å². The van der Waals surface area contributed by atoms with Gasteiger partial charge < -0.3 is 9.88 Å². The maximum Gasteiger partial charge on any atom is 0.277 e. The molecule has 0 spiro atoms. The Morgan fingerprint density at radius 3 is 2.68 bits per heavy atom. The smallest absolute Gasteiger partial charge is 0.277 e. The Labute approximate surface area is 161 Å². The molecule has 0 fully saturated rings. The number of para-hydroxylation sites is 1. The van der Waals surface area contributed by atoms with Gasteiger partial charge in [0, 0.05) is 14.1 Å². The van der Waals surface area contributed by atoms with Gasteiger partial charge in [0.25, 0.3) is 5.56 Å². The van der Waals surface area contributed by atoms with Crippen LogP contribution in [-0.4, -0.2) is 41.8 Å². The number of aromatic nitrogens is 7. The average molecular weight is 378 g/mol. The highest BCUT2D eigenvalue weighted by molar-refractivity contribution is 5.72. The third-order valence-electron chi connectivity index (χ3n) is 4.87. The number of benzene rings is 1. The van der Waals surface area contributed by atoms with Crippen LogP contribution >= 0.6 is 0 Å². The van der Waals surface area contributed by atoms with Crippen LogP contribution in [0.1, 0.15) is 30.9 Å². The Kier molecular flexibility index (Phi) is 4.42. The molecule has 1 N–H and O–H groups in total. The predicted octanol–water partition coefficient (Wildman–Crippen LogP) is 2.13. The molecule has 4 rings (SSSR count). The van der Waals surface area contributed by atoms with Crippen LogP contribution in [0.15, 0.2) is 41.3 Å². The molecule has 144 valence electrons. The lowest BCUT2D eigenvalue weighted by Gasteiger charge is -2.26. The van der Waals surface area contributed by atoms with E-state index in [0.29, 0.717) is 16.9 Å². The first-order valence-corrected chi connectivity index (χ1v) is 9.13. The summed E-state index contributed by atoms with van der Waals surface area (Å²) in [6, 6.07) is 9.60. The largest absolute Gasteiger partial charge is 0.346 e. The van der Waals surface area contributed by atoms with E-state index in [0.717, 1.165) is 23.6 Å². The third-order valence-corrected chi connectivity index (χ3v) is 4.87. The Hall–Kier alpha value is -3.49. The van der Waals surface area contributed by atoms with Gasteiger partial charge in [-0.1, -0.05) is 25.1 Å².